The van der Waals surface area contributed by atoms with Crippen molar-refractivity contribution in [1.82, 2.24) is 9.55 Å². The first-order chi connectivity index (χ1) is 18.5. The molecule has 0 amide bonds. The number of carbonyl (C=O) groups is 1. The molecule has 0 saturated carbocycles. The van der Waals surface area contributed by atoms with E-state index in [4.69, 9.17) is 18.3 Å². The number of ether oxygens (including phenoxy) is 2. The van der Waals surface area contributed by atoms with Crippen molar-refractivity contribution in [3.63, 3.8) is 0 Å². The number of hydrogen-bond donors (Lipinski definition) is 0. The maximum absolute atomic E-state index is 13.1. The molecule has 0 radical (unpaired) electrons. The van der Waals surface area contributed by atoms with Gasteiger partial charge in [-0.1, -0.05) is 48.5 Å². The van der Waals surface area contributed by atoms with Gasteiger partial charge >= 0.3 is 11.8 Å². The van der Waals surface area contributed by atoms with E-state index in [-0.39, 0.29) is 18.1 Å². The summed E-state index contributed by atoms with van der Waals surface area (Å²) in [4.78, 5) is 29.0. The Morgan fingerprint density at radius 3 is 2.55 bits per heavy atom. The lowest BCUT2D eigenvalue weighted by atomic mass is 9.99. The molecule has 38 heavy (non-hydrogen) atoms. The smallest absolute Gasteiger partial charge is 0.465 e. The third kappa shape index (κ3) is 4.80. The topological polar surface area (TPSA) is 120 Å². The lowest BCUT2D eigenvalue weighted by Gasteiger charge is -2.12. The van der Waals surface area contributed by atoms with Crippen LogP contribution >= 0.6 is 0 Å². The number of para-hydroxylation sites is 1. The number of aryl methyl sites for hydroxylation is 1. The average molecular weight is 510 g/mol. The zero-order valence-electron chi connectivity index (χ0n) is 20.8. The number of hydrogen-bond acceptors (Lipinski definition) is 8. The number of carbonyl (C=O) groups excluding carboxylic acids is 1. The summed E-state index contributed by atoms with van der Waals surface area (Å²) >= 11 is 0. The van der Waals surface area contributed by atoms with E-state index in [1.807, 2.05) is 54.0 Å². The van der Waals surface area contributed by atoms with Crippen molar-refractivity contribution in [2.75, 3.05) is 6.61 Å². The van der Waals surface area contributed by atoms with Gasteiger partial charge in [0.05, 0.1) is 41.4 Å². The van der Waals surface area contributed by atoms with Crippen molar-refractivity contribution >= 4 is 17.0 Å². The highest BCUT2D eigenvalue weighted by Crippen LogP contribution is 2.28. The second kappa shape index (κ2) is 10.5. The maximum Gasteiger partial charge on any atom is 0.519 e. The highest BCUT2D eigenvalue weighted by Gasteiger charge is 2.21. The average Bonchev–Trinajstić information content (AvgIpc) is 3.45. The van der Waals surface area contributed by atoms with Crippen LogP contribution in [0.15, 0.2) is 80.4 Å². The molecule has 0 bridgehead atoms. The van der Waals surface area contributed by atoms with Gasteiger partial charge in [-0.25, -0.2) is 9.59 Å². The number of benzene rings is 3. The minimum Gasteiger partial charge on any atom is -0.465 e. The summed E-state index contributed by atoms with van der Waals surface area (Å²) < 4.78 is 22.8. The Hall–Kier alpha value is -5.10. The molecule has 0 N–H and O–H groups in total. The van der Waals surface area contributed by atoms with Crippen LogP contribution in [0.25, 0.3) is 22.2 Å². The van der Waals surface area contributed by atoms with Gasteiger partial charge in [0.15, 0.2) is 18.1 Å². The fourth-order valence-electron chi connectivity index (χ4n) is 4.23. The molecule has 0 aliphatic rings. The van der Waals surface area contributed by atoms with Crippen LogP contribution < -0.4 is 10.6 Å². The maximum atomic E-state index is 13.1. The lowest BCUT2D eigenvalue weighted by Crippen LogP contribution is -2.10. The number of rotatable bonds is 8. The van der Waals surface area contributed by atoms with Crippen molar-refractivity contribution in [2.24, 2.45) is 0 Å². The highest BCUT2D eigenvalue weighted by atomic mass is 16.6. The Labute approximate surface area is 217 Å². The predicted molar refractivity (Wildman–Crippen MR) is 138 cm³/mol. The Balaban J connectivity index is 1.48. The monoisotopic (exact) mass is 509 g/mol. The standard InChI is InChI=1S/C29H23N3O6/c1-3-35-28-31-24-10-6-9-23(27(33)36-17-25-18(2)37-29(34)38-25)26(24)32(28)16-19-11-13-20(14-12-19)22-8-5-4-7-21(22)15-30/h4-14H,3,16-17H2,1-2H3. The fourth-order valence-corrected chi connectivity index (χ4v) is 4.23. The van der Waals surface area contributed by atoms with Crippen LogP contribution in [0.4, 0.5) is 0 Å². The van der Waals surface area contributed by atoms with Crippen molar-refractivity contribution in [2.45, 2.75) is 27.0 Å². The summed E-state index contributed by atoms with van der Waals surface area (Å²) in [6, 6.07) is 23.1. The summed E-state index contributed by atoms with van der Waals surface area (Å²) in [5, 5.41) is 9.44. The van der Waals surface area contributed by atoms with Crippen molar-refractivity contribution in [3.8, 4) is 23.2 Å². The summed E-state index contributed by atoms with van der Waals surface area (Å²) in [7, 11) is 0. The van der Waals surface area contributed by atoms with Crippen molar-refractivity contribution in [3.05, 3.63) is 106 Å². The molecule has 0 unspecified atom stereocenters. The van der Waals surface area contributed by atoms with Gasteiger partial charge < -0.3 is 18.3 Å². The van der Waals surface area contributed by atoms with Gasteiger partial charge in [0, 0.05) is 0 Å². The lowest BCUT2D eigenvalue weighted by molar-refractivity contribution is 0.0444. The van der Waals surface area contributed by atoms with Gasteiger partial charge in [-0.05, 0) is 48.7 Å². The molecule has 9 nitrogen and oxygen atoms in total. The van der Waals surface area contributed by atoms with E-state index < -0.39 is 11.8 Å². The van der Waals surface area contributed by atoms with Crippen LogP contribution in [-0.4, -0.2) is 22.1 Å². The van der Waals surface area contributed by atoms with Crippen molar-refractivity contribution in [1.29, 1.82) is 5.26 Å². The number of aromatic nitrogens is 2. The van der Waals surface area contributed by atoms with Gasteiger partial charge in [-0.2, -0.15) is 10.2 Å². The number of nitriles is 1. The molecule has 0 saturated heterocycles. The number of esters is 1. The van der Waals surface area contributed by atoms with Crippen molar-refractivity contribution < 1.29 is 23.1 Å². The third-order valence-electron chi connectivity index (χ3n) is 6.05. The zero-order valence-corrected chi connectivity index (χ0v) is 20.8. The number of imidazole rings is 1. The van der Waals surface area contributed by atoms with Gasteiger partial charge in [-0.15, -0.1) is 0 Å². The Kier molecular flexibility index (Phi) is 6.78. The van der Waals surface area contributed by atoms with Gasteiger partial charge in [0.1, 0.15) is 0 Å². The summed E-state index contributed by atoms with van der Waals surface area (Å²) in [5.41, 5.74) is 4.77. The van der Waals surface area contributed by atoms with E-state index in [0.717, 1.165) is 16.7 Å². The second-order valence-corrected chi connectivity index (χ2v) is 8.45. The Bertz CT molecular complexity index is 1720. The predicted octanol–water partition coefficient (Wildman–Crippen LogP) is 5.23. The molecule has 9 heteroatoms. The van der Waals surface area contributed by atoms with Crippen LogP contribution in [0.5, 0.6) is 6.01 Å². The Morgan fingerprint density at radius 2 is 1.84 bits per heavy atom. The van der Waals surface area contributed by atoms with Crippen LogP contribution in [0.2, 0.25) is 0 Å². The van der Waals surface area contributed by atoms with Crippen LogP contribution in [-0.2, 0) is 17.9 Å². The molecule has 2 aromatic heterocycles. The first kappa shape index (κ1) is 24.6. The molecule has 0 aliphatic carbocycles. The summed E-state index contributed by atoms with van der Waals surface area (Å²) in [6.07, 6.45) is 0. The minimum absolute atomic E-state index is 0.150. The minimum atomic E-state index is -0.850. The quantitative estimate of drug-likeness (QED) is 0.261. The van der Waals surface area contributed by atoms with Gasteiger partial charge in [-0.3, -0.25) is 4.57 Å². The molecule has 0 atom stereocenters. The molecule has 190 valence electrons. The van der Waals surface area contributed by atoms with E-state index in [2.05, 4.69) is 11.1 Å². The van der Waals surface area contributed by atoms with E-state index >= 15 is 0 Å². The molecule has 0 aliphatic heterocycles. The molecular weight excluding hydrogens is 486 g/mol. The number of nitrogens with zero attached hydrogens (tertiary/aromatic N) is 3. The van der Waals surface area contributed by atoms with Crippen LogP contribution in [0.3, 0.4) is 0 Å². The van der Waals surface area contributed by atoms with Gasteiger partial charge in [0.25, 0.3) is 6.01 Å². The second-order valence-electron chi connectivity index (χ2n) is 8.45. The highest BCUT2D eigenvalue weighted by molar-refractivity contribution is 6.02. The molecular formula is C29H23N3O6. The van der Waals surface area contributed by atoms with Crippen LogP contribution in [0.1, 0.15) is 39.9 Å². The third-order valence-corrected chi connectivity index (χ3v) is 6.05. The normalized spacial score (nSPS) is 10.9. The van der Waals surface area contributed by atoms with Gasteiger partial charge in [0.2, 0.25) is 0 Å². The largest absolute Gasteiger partial charge is 0.519 e. The SMILES string of the molecule is CCOc1nc2cccc(C(=O)OCc3oc(=O)oc3C)c2n1Cc1ccc(-c2ccccc2C#N)cc1. The molecule has 2 heterocycles. The van der Waals surface area contributed by atoms with Crippen LogP contribution in [0, 0.1) is 18.3 Å². The fraction of sp³-hybridized carbons (Fsp3) is 0.172. The van der Waals surface area contributed by atoms with E-state index in [1.54, 1.807) is 31.2 Å². The first-order valence-corrected chi connectivity index (χ1v) is 12.0. The molecule has 5 aromatic rings. The summed E-state index contributed by atoms with van der Waals surface area (Å²) in [5.74, 6) is -1.05. The molecule has 0 spiro atoms. The molecule has 3 aromatic carbocycles. The van der Waals surface area contributed by atoms with E-state index in [9.17, 15) is 14.9 Å². The zero-order chi connectivity index (χ0) is 26.6. The molecule has 0 fully saturated rings. The first-order valence-electron chi connectivity index (χ1n) is 12.0. The van der Waals surface area contributed by atoms with E-state index in [0.29, 0.717) is 41.3 Å². The van der Waals surface area contributed by atoms with E-state index in [1.165, 1.54) is 0 Å². The Morgan fingerprint density at radius 1 is 1.05 bits per heavy atom. The molecule has 5 rings (SSSR count). The summed E-state index contributed by atoms with van der Waals surface area (Å²) in [6.45, 7) is 3.95. The number of fused-ring (bicyclic) bond motifs is 1.